The molecular weight excluding hydrogens is 234 g/mol. The first-order valence-electron chi connectivity index (χ1n) is 5.71. The highest BCUT2D eigenvalue weighted by Gasteiger charge is 2.10. The summed E-state index contributed by atoms with van der Waals surface area (Å²) in [5.41, 5.74) is 1.89. The van der Waals surface area contributed by atoms with Gasteiger partial charge in [0.1, 0.15) is 11.5 Å². The van der Waals surface area contributed by atoms with E-state index in [2.05, 4.69) is 5.32 Å². The van der Waals surface area contributed by atoms with Gasteiger partial charge in [-0.2, -0.15) is 0 Å². The standard InChI is InChI=1S/C13H19NO4/c1-9-6-10(17-2)7-12(18-3)11(9)8-14-13(16)4-5-15/h6-7,15H,4-5,8H2,1-3H3,(H,14,16). The molecular formula is C13H19NO4. The Bertz CT molecular complexity index is 418. The van der Waals surface area contributed by atoms with E-state index in [1.165, 1.54) is 0 Å². The van der Waals surface area contributed by atoms with Crippen molar-refractivity contribution in [2.24, 2.45) is 0 Å². The van der Waals surface area contributed by atoms with Gasteiger partial charge in [-0.25, -0.2) is 0 Å². The second-order valence-corrected chi connectivity index (χ2v) is 3.88. The van der Waals surface area contributed by atoms with Gasteiger partial charge < -0.3 is 19.9 Å². The van der Waals surface area contributed by atoms with E-state index >= 15 is 0 Å². The molecule has 100 valence electrons. The van der Waals surface area contributed by atoms with Crippen LogP contribution in [0.25, 0.3) is 0 Å². The van der Waals surface area contributed by atoms with Crippen LogP contribution < -0.4 is 14.8 Å². The van der Waals surface area contributed by atoms with Gasteiger partial charge >= 0.3 is 0 Å². The third kappa shape index (κ3) is 3.63. The summed E-state index contributed by atoms with van der Waals surface area (Å²) in [4.78, 5) is 11.3. The van der Waals surface area contributed by atoms with Gasteiger partial charge in [-0.05, 0) is 18.6 Å². The lowest BCUT2D eigenvalue weighted by atomic mass is 10.1. The third-order valence-corrected chi connectivity index (χ3v) is 2.66. The molecule has 1 rings (SSSR count). The second-order valence-electron chi connectivity index (χ2n) is 3.88. The van der Waals surface area contributed by atoms with Crippen molar-refractivity contribution in [3.8, 4) is 11.5 Å². The van der Waals surface area contributed by atoms with Crippen LogP contribution in [0.4, 0.5) is 0 Å². The Hall–Kier alpha value is -1.75. The first kappa shape index (κ1) is 14.3. The number of carbonyl (C=O) groups is 1. The summed E-state index contributed by atoms with van der Waals surface area (Å²) in [5, 5.41) is 11.4. The number of hydrogen-bond acceptors (Lipinski definition) is 4. The molecule has 0 saturated carbocycles. The van der Waals surface area contributed by atoms with Crippen LogP contribution in [0.5, 0.6) is 11.5 Å². The molecule has 5 nitrogen and oxygen atoms in total. The van der Waals surface area contributed by atoms with Crippen LogP contribution in [0.1, 0.15) is 17.5 Å². The van der Waals surface area contributed by atoms with Gasteiger partial charge in [0.05, 0.1) is 20.8 Å². The van der Waals surface area contributed by atoms with E-state index in [4.69, 9.17) is 14.6 Å². The summed E-state index contributed by atoms with van der Waals surface area (Å²) in [7, 11) is 3.17. The van der Waals surface area contributed by atoms with Gasteiger partial charge in [0.15, 0.2) is 0 Å². The molecule has 0 unspecified atom stereocenters. The van der Waals surface area contributed by atoms with E-state index < -0.39 is 0 Å². The zero-order valence-electron chi connectivity index (χ0n) is 10.9. The fourth-order valence-electron chi connectivity index (χ4n) is 1.66. The second kappa shape index (κ2) is 6.86. The average molecular weight is 253 g/mol. The van der Waals surface area contributed by atoms with E-state index in [0.717, 1.165) is 16.9 Å². The smallest absolute Gasteiger partial charge is 0.222 e. The predicted molar refractivity (Wildman–Crippen MR) is 67.8 cm³/mol. The topological polar surface area (TPSA) is 67.8 Å². The number of hydrogen-bond donors (Lipinski definition) is 2. The highest BCUT2D eigenvalue weighted by Crippen LogP contribution is 2.28. The zero-order chi connectivity index (χ0) is 13.5. The summed E-state index contributed by atoms with van der Waals surface area (Å²) >= 11 is 0. The number of methoxy groups -OCH3 is 2. The fraction of sp³-hybridized carbons (Fsp3) is 0.462. The minimum atomic E-state index is -0.185. The molecule has 0 saturated heterocycles. The lowest BCUT2D eigenvalue weighted by Gasteiger charge is -2.14. The van der Waals surface area contributed by atoms with Crippen LogP contribution in [0, 0.1) is 6.92 Å². The maximum atomic E-state index is 11.3. The zero-order valence-corrected chi connectivity index (χ0v) is 10.9. The third-order valence-electron chi connectivity index (χ3n) is 2.66. The van der Waals surface area contributed by atoms with Crippen LogP contribution in [0.3, 0.4) is 0 Å². The van der Waals surface area contributed by atoms with Gasteiger partial charge in [-0.1, -0.05) is 0 Å². The van der Waals surface area contributed by atoms with E-state index in [1.807, 2.05) is 13.0 Å². The summed E-state index contributed by atoms with van der Waals surface area (Å²) in [6.07, 6.45) is 0.109. The molecule has 1 aromatic rings. The molecule has 18 heavy (non-hydrogen) atoms. The summed E-state index contributed by atoms with van der Waals surface area (Å²) in [5.74, 6) is 1.21. The van der Waals surface area contributed by atoms with Crippen LogP contribution in [0.2, 0.25) is 0 Å². The first-order chi connectivity index (χ1) is 8.62. The molecule has 2 N–H and O–H groups in total. The molecule has 0 radical (unpaired) electrons. The van der Waals surface area contributed by atoms with Crippen molar-refractivity contribution in [1.29, 1.82) is 0 Å². The molecule has 1 aromatic carbocycles. The highest BCUT2D eigenvalue weighted by molar-refractivity contribution is 5.76. The molecule has 0 aliphatic heterocycles. The number of rotatable bonds is 6. The molecule has 0 bridgehead atoms. The Kier molecular flexibility index (Phi) is 5.45. The van der Waals surface area contributed by atoms with E-state index in [9.17, 15) is 4.79 Å². The Morgan fingerprint density at radius 1 is 1.33 bits per heavy atom. The maximum absolute atomic E-state index is 11.3. The predicted octanol–water partition coefficient (Wildman–Crippen LogP) is 1.01. The maximum Gasteiger partial charge on any atom is 0.222 e. The van der Waals surface area contributed by atoms with E-state index in [0.29, 0.717) is 12.3 Å². The van der Waals surface area contributed by atoms with Crippen molar-refractivity contribution >= 4 is 5.91 Å². The van der Waals surface area contributed by atoms with Crippen molar-refractivity contribution in [3.63, 3.8) is 0 Å². The van der Waals surface area contributed by atoms with Gasteiger partial charge in [0.25, 0.3) is 0 Å². The number of carbonyl (C=O) groups excluding carboxylic acids is 1. The molecule has 0 aliphatic carbocycles. The number of aliphatic hydroxyl groups excluding tert-OH is 1. The number of amides is 1. The molecule has 0 spiro atoms. The molecule has 0 heterocycles. The fourth-order valence-corrected chi connectivity index (χ4v) is 1.66. The van der Waals surface area contributed by atoms with Gasteiger partial charge in [-0.15, -0.1) is 0 Å². The molecule has 0 atom stereocenters. The van der Waals surface area contributed by atoms with Crippen molar-refractivity contribution in [1.82, 2.24) is 5.32 Å². The van der Waals surface area contributed by atoms with E-state index in [-0.39, 0.29) is 18.9 Å². The quantitative estimate of drug-likeness (QED) is 0.794. The summed E-state index contributed by atoms with van der Waals surface area (Å²) in [6, 6.07) is 3.66. The van der Waals surface area contributed by atoms with Gasteiger partial charge in [0, 0.05) is 24.6 Å². The molecule has 0 aliphatic rings. The van der Waals surface area contributed by atoms with Crippen LogP contribution in [0.15, 0.2) is 12.1 Å². The molecule has 5 heteroatoms. The summed E-state index contributed by atoms with van der Waals surface area (Å²) < 4.78 is 10.4. The minimum absolute atomic E-state index is 0.109. The van der Waals surface area contributed by atoms with Crippen molar-refractivity contribution in [2.75, 3.05) is 20.8 Å². The molecule has 1 amide bonds. The van der Waals surface area contributed by atoms with Crippen molar-refractivity contribution in [2.45, 2.75) is 19.9 Å². The lowest BCUT2D eigenvalue weighted by molar-refractivity contribution is -0.121. The Labute approximate surface area is 107 Å². The Morgan fingerprint density at radius 2 is 2.06 bits per heavy atom. The Balaban J connectivity index is 2.84. The highest BCUT2D eigenvalue weighted by atomic mass is 16.5. The number of aryl methyl sites for hydroxylation is 1. The number of benzene rings is 1. The number of ether oxygens (including phenoxy) is 2. The number of nitrogens with one attached hydrogen (secondary N) is 1. The van der Waals surface area contributed by atoms with Crippen LogP contribution in [-0.4, -0.2) is 31.8 Å². The lowest BCUT2D eigenvalue weighted by Crippen LogP contribution is -2.24. The largest absolute Gasteiger partial charge is 0.497 e. The van der Waals surface area contributed by atoms with Crippen molar-refractivity contribution < 1.29 is 19.4 Å². The summed E-state index contributed by atoms with van der Waals surface area (Å²) in [6.45, 7) is 2.15. The number of aliphatic hydroxyl groups is 1. The molecule has 0 fully saturated rings. The minimum Gasteiger partial charge on any atom is -0.497 e. The average Bonchev–Trinajstić information content (AvgIpc) is 2.36. The van der Waals surface area contributed by atoms with Crippen molar-refractivity contribution in [3.05, 3.63) is 23.3 Å². The Morgan fingerprint density at radius 3 is 2.61 bits per heavy atom. The SMILES string of the molecule is COc1cc(C)c(CNC(=O)CCO)c(OC)c1. The van der Waals surface area contributed by atoms with Crippen LogP contribution >= 0.6 is 0 Å². The van der Waals surface area contributed by atoms with Crippen LogP contribution in [-0.2, 0) is 11.3 Å². The molecule has 0 aromatic heterocycles. The monoisotopic (exact) mass is 253 g/mol. The first-order valence-corrected chi connectivity index (χ1v) is 5.71. The van der Waals surface area contributed by atoms with E-state index in [1.54, 1.807) is 20.3 Å². The van der Waals surface area contributed by atoms with Gasteiger partial charge in [0.2, 0.25) is 5.91 Å². The van der Waals surface area contributed by atoms with Gasteiger partial charge in [-0.3, -0.25) is 4.79 Å². The normalized spacial score (nSPS) is 10.0.